The van der Waals surface area contributed by atoms with Gasteiger partial charge in [0.15, 0.2) is 5.13 Å². The first kappa shape index (κ1) is 19.5. The van der Waals surface area contributed by atoms with Crippen molar-refractivity contribution in [3.8, 4) is 5.75 Å². The van der Waals surface area contributed by atoms with Crippen LogP contribution < -0.4 is 9.64 Å². The highest BCUT2D eigenvalue weighted by Gasteiger charge is 2.48. The Morgan fingerprint density at radius 1 is 1.19 bits per heavy atom. The van der Waals surface area contributed by atoms with Gasteiger partial charge in [-0.1, -0.05) is 29.8 Å². The summed E-state index contributed by atoms with van der Waals surface area (Å²) in [7, 11) is 0. The standard InChI is InChI=1S/C24H20N2O4S/c1-13-3-5-15(6-4-13)20-19(22(28)23(29)26(20)24-25-9-10-31-24)21(27)16-7-8-18-17(12-16)11-14(2)30-18/h3-10,12,14,20,27H,11H2,1-2H3/t14-,20+/m0/s1. The van der Waals surface area contributed by atoms with Crippen molar-refractivity contribution in [1.82, 2.24) is 4.98 Å². The van der Waals surface area contributed by atoms with E-state index < -0.39 is 17.7 Å². The van der Waals surface area contributed by atoms with Gasteiger partial charge in [0.2, 0.25) is 0 Å². The molecule has 2 aromatic carbocycles. The van der Waals surface area contributed by atoms with Crippen LogP contribution in [0.5, 0.6) is 5.75 Å². The van der Waals surface area contributed by atoms with Crippen molar-refractivity contribution in [1.29, 1.82) is 0 Å². The Morgan fingerprint density at radius 3 is 2.68 bits per heavy atom. The maximum atomic E-state index is 13.1. The van der Waals surface area contributed by atoms with E-state index in [9.17, 15) is 14.7 Å². The third-order valence-electron chi connectivity index (χ3n) is 5.63. The number of aliphatic hydroxyl groups excluding tert-OH is 1. The number of carbonyl (C=O) groups is 2. The van der Waals surface area contributed by atoms with Crippen LogP contribution in [0.25, 0.3) is 5.76 Å². The predicted molar refractivity (Wildman–Crippen MR) is 118 cm³/mol. The van der Waals surface area contributed by atoms with E-state index in [1.807, 2.05) is 44.2 Å². The number of hydrogen-bond acceptors (Lipinski definition) is 6. The minimum atomic E-state index is -0.754. The van der Waals surface area contributed by atoms with Gasteiger partial charge < -0.3 is 9.84 Å². The highest BCUT2D eigenvalue weighted by Crippen LogP contribution is 2.43. The normalized spacial score (nSPS) is 21.9. The number of thiazole rings is 1. The van der Waals surface area contributed by atoms with E-state index in [0.29, 0.717) is 10.7 Å². The van der Waals surface area contributed by atoms with E-state index in [1.165, 1.54) is 16.2 Å². The van der Waals surface area contributed by atoms with Crippen LogP contribution in [0.2, 0.25) is 0 Å². The molecule has 1 amide bonds. The summed E-state index contributed by atoms with van der Waals surface area (Å²) in [6.45, 7) is 3.95. The number of benzene rings is 2. The van der Waals surface area contributed by atoms with Gasteiger partial charge in [-0.25, -0.2) is 4.98 Å². The van der Waals surface area contributed by atoms with Crippen LogP contribution in [0, 0.1) is 6.92 Å². The molecule has 31 heavy (non-hydrogen) atoms. The maximum absolute atomic E-state index is 13.1. The van der Waals surface area contributed by atoms with Gasteiger partial charge in [0.25, 0.3) is 5.78 Å². The van der Waals surface area contributed by atoms with Crippen molar-refractivity contribution >= 4 is 33.9 Å². The van der Waals surface area contributed by atoms with E-state index in [2.05, 4.69) is 4.98 Å². The first-order valence-electron chi connectivity index (χ1n) is 10.0. The van der Waals surface area contributed by atoms with Crippen LogP contribution in [0.15, 0.2) is 59.6 Å². The van der Waals surface area contributed by atoms with Crippen LogP contribution >= 0.6 is 11.3 Å². The Hall–Kier alpha value is -3.45. The van der Waals surface area contributed by atoms with Crippen LogP contribution in [-0.4, -0.2) is 27.9 Å². The maximum Gasteiger partial charge on any atom is 0.301 e. The molecule has 5 rings (SSSR count). The number of amides is 1. The van der Waals surface area contributed by atoms with E-state index in [0.717, 1.165) is 28.9 Å². The molecule has 0 bridgehead atoms. The number of ether oxygens (including phenoxy) is 1. The number of rotatable bonds is 3. The molecule has 156 valence electrons. The third kappa shape index (κ3) is 3.21. The average molecular weight is 433 g/mol. The van der Waals surface area contributed by atoms with E-state index in [4.69, 9.17) is 4.74 Å². The number of nitrogens with zero attached hydrogens (tertiary/aromatic N) is 2. The molecule has 2 aliphatic heterocycles. The van der Waals surface area contributed by atoms with E-state index >= 15 is 0 Å². The second kappa shape index (κ2) is 7.35. The molecule has 1 aromatic heterocycles. The SMILES string of the molecule is Cc1ccc([C@@H]2C(=C(O)c3ccc4c(c3)C[C@H](C)O4)C(=O)C(=O)N2c2nccs2)cc1. The Labute approximate surface area is 183 Å². The molecule has 1 N–H and O–H groups in total. The van der Waals surface area contributed by atoms with Crippen molar-refractivity contribution < 1.29 is 19.4 Å². The lowest BCUT2D eigenvalue weighted by Crippen LogP contribution is -2.29. The molecule has 1 saturated heterocycles. The average Bonchev–Trinajstić information content (AvgIpc) is 3.46. The number of fused-ring (bicyclic) bond motifs is 1. The zero-order valence-electron chi connectivity index (χ0n) is 17.0. The zero-order chi connectivity index (χ0) is 21.7. The number of aliphatic hydroxyl groups is 1. The Morgan fingerprint density at radius 2 is 1.97 bits per heavy atom. The summed E-state index contributed by atoms with van der Waals surface area (Å²) < 4.78 is 5.74. The van der Waals surface area contributed by atoms with Gasteiger partial charge in [0.1, 0.15) is 17.6 Å². The monoisotopic (exact) mass is 432 g/mol. The second-order valence-electron chi connectivity index (χ2n) is 7.85. The molecule has 0 unspecified atom stereocenters. The Balaban J connectivity index is 1.68. The minimum Gasteiger partial charge on any atom is -0.507 e. The highest BCUT2D eigenvalue weighted by atomic mass is 32.1. The number of ketones is 1. The second-order valence-corrected chi connectivity index (χ2v) is 8.72. The lowest BCUT2D eigenvalue weighted by Gasteiger charge is -2.23. The van der Waals surface area contributed by atoms with Crippen LogP contribution in [0.4, 0.5) is 5.13 Å². The van der Waals surface area contributed by atoms with Crippen LogP contribution in [0.1, 0.15) is 35.2 Å². The molecular weight excluding hydrogens is 412 g/mol. The molecule has 0 aliphatic carbocycles. The fourth-order valence-electron chi connectivity index (χ4n) is 4.15. The molecule has 2 atom stereocenters. The first-order valence-corrected chi connectivity index (χ1v) is 10.9. The van der Waals surface area contributed by atoms with Gasteiger partial charge in [-0.3, -0.25) is 14.5 Å². The number of Topliss-reactive ketones (excluding diaryl/α,β-unsaturated/α-hetero) is 1. The number of hydrogen-bond donors (Lipinski definition) is 1. The number of aryl methyl sites for hydroxylation is 1. The van der Waals surface area contributed by atoms with E-state index in [-0.39, 0.29) is 17.4 Å². The fraction of sp³-hybridized carbons (Fsp3) is 0.208. The van der Waals surface area contributed by atoms with Crippen molar-refractivity contribution in [2.24, 2.45) is 0 Å². The first-order chi connectivity index (χ1) is 14.9. The highest BCUT2D eigenvalue weighted by molar-refractivity contribution is 7.14. The summed E-state index contributed by atoms with van der Waals surface area (Å²) in [4.78, 5) is 31.7. The topological polar surface area (TPSA) is 79.7 Å². The quantitative estimate of drug-likeness (QED) is 0.377. The Bertz CT molecular complexity index is 1210. The lowest BCUT2D eigenvalue weighted by molar-refractivity contribution is -0.132. The molecule has 3 aromatic rings. The van der Waals surface area contributed by atoms with Crippen LogP contribution in [-0.2, 0) is 16.0 Å². The summed E-state index contributed by atoms with van der Waals surface area (Å²) in [5.74, 6) is -0.823. The molecule has 3 heterocycles. The summed E-state index contributed by atoms with van der Waals surface area (Å²) >= 11 is 1.27. The molecule has 1 fully saturated rings. The van der Waals surface area contributed by atoms with Crippen molar-refractivity contribution in [3.05, 3.63) is 81.9 Å². The summed E-state index contributed by atoms with van der Waals surface area (Å²) in [5.41, 5.74) is 3.32. The van der Waals surface area contributed by atoms with Gasteiger partial charge in [-0.15, -0.1) is 11.3 Å². The molecule has 0 spiro atoms. The number of carbonyl (C=O) groups excluding carboxylic acids is 2. The van der Waals surface area contributed by atoms with E-state index in [1.54, 1.807) is 23.7 Å². The molecule has 2 aliphatic rings. The van der Waals surface area contributed by atoms with Gasteiger partial charge >= 0.3 is 5.91 Å². The molecule has 0 radical (unpaired) electrons. The number of aromatic nitrogens is 1. The number of anilines is 1. The van der Waals surface area contributed by atoms with Crippen molar-refractivity contribution in [2.45, 2.75) is 32.4 Å². The zero-order valence-corrected chi connectivity index (χ0v) is 17.8. The summed E-state index contributed by atoms with van der Waals surface area (Å²) in [6, 6.07) is 12.2. The van der Waals surface area contributed by atoms with Crippen molar-refractivity contribution in [3.63, 3.8) is 0 Å². The van der Waals surface area contributed by atoms with Gasteiger partial charge in [-0.05, 0) is 43.2 Å². The van der Waals surface area contributed by atoms with Gasteiger partial charge in [0.05, 0.1) is 11.6 Å². The molecule has 0 saturated carbocycles. The largest absolute Gasteiger partial charge is 0.507 e. The molecular formula is C24H20N2O4S. The Kier molecular flexibility index (Phi) is 4.63. The van der Waals surface area contributed by atoms with Gasteiger partial charge in [0, 0.05) is 23.6 Å². The van der Waals surface area contributed by atoms with Crippen LogP contribution in [0.3, 0.4) is 0 Å². The predicted octanol–water partition coefficient (Wildman–Crippen LogP) is 4.40. The smallest absolute Gasteiger partial charge is 0.301 e. The van der Waals surface area contributed by atoms with Gasteiger partial charge in [-0.2, -0.15) is 0 Å². The molecule has 6 nitrogen and oxygen atoms in total. The lowest BCUT2D eigenvalue weighted by atomic mass is 9.94. The fourth-order valence-corrected chi connectivity index (χ4v) is 4.82. The van der Waals surface area contributed by atoms with Crippen molar-refractivity contribution in [2.75, 3.05) is 4.90 Å². The third-order valence-corrected chi connectivity index (χ3v) is 6.40. The minimum absolute atomic E-state index is 0.0652. The summed E-state index contributed by atoms with van der Waals surface area (Å²) in [6.07, 6.45) is 2.38. The summed E-state index contributed by atoms with van der Waals surface area (Å²) in [5, 5.41) is 13.4. The molecule has 7 heteroatoms.